The largest absolute Gasteiger partial charge is 0.289 e. The fourth-order valence-electron chi connectivity index (χ4n) is 3.00. The lowest BCUT2D eigenvalue weighted by molar-refractivity contribution is 0.0950. The molecule has 0 saturated heterocycles. The molecule has 0 saturated carbocycles. The summed E-state index contributed by atoms with van der Waals surface area (Å²) in [6.07, 6.45) is 0. The molecule has 148 valence electrons. The van der Waals surface area contributed by atoms with E-state index in [1.165, 1.54) is 12.1 Å². The molecule has 4 rings (SSSR count). The van der Waals surface area contributed by atoms with Crippen LogP contribution in [-0.4, -0.2) is 21.8 Å². The van der Waals surface area contributed by atoms with Crippen LogP contribution in [-0.2, 0) is 0 Å². The average molecular weight is 398 g/mol. The van der Waals surface area contributed by atoms with Crippen molar-refractivity contribution in [2.75, 3.05) is 0 Å². The van der Waals surface area contributed by atoms with E-state index < -0.39 is 5.91 Å². The second-order valence-corrected chi connectivity index (χ2v) is 6.76. The number of halogens is 1. The minimum atomic E-state index is -0.406. The maximum atomic E-state index is 13.0. The van der Waals surface area contributed by atoms with E-state index in [1.807, 2.05) is 42.5 Å². The van der Waals surface area contributed by atoms with Gasteiger partial charge in [0.1, 0.15) is 11.5 Å². The molecule has 1 aromatic heterocycles. The van der Waals surface area contributed by atoms with Crippen LogP contribution >= 0.6 is 0 Å². The van der Waals surface area contributed by atoms with Gasteiger partial charge in [-0.05, 0) is 41.8 Å². The summed E-state index contributed by atoms with van der Waals surface area (Å²) < 4.78 is 13.0. The number of amides is 1. The van der Waals surface area contributed by atoms with Crippen LogP contribution in [0, 0.1) is 5.82 Å². The van der Waals surface area contributed by atoms with Gasteiger partial charge in [0.25, 0.3) is 5.91 Å². The third-order valence-corrected chi connectivity index (χ3v) is 4.70. The molecule has 0 fully saturated rings. The lowest BCUT2D eigenvalue weighted by Crippen LogP contribution is -2.19. The number of hydrazone groups is 1. The monoisotopic (exact) mass is 398 g/mol. The van der Waals surface area contributed by atoms with Crippen molar-refractivity contribution in [1.82, 2.24) is 15.6 Å². The first-order chi connectivity index (χ1) is 14.6. The number of aromatic nitrogens is 2. The summed E-state index contributed by atoms with van der Waals surface area (Å²) >= 11 is 0. The number of carbonyl (C=O) groups is 1. The first kappa shape index (κ1) is 19.3. The third kappa shape index (κ3) is 4.33. The summed E-state index contributed by atoms with van der Waals surface area (Å²) in [6, 6.07) is 25.7. The van der Waals surface area contributed by atoms with Crippen LogP contribution in [0.15, 0.2) is 90.0 Å². The molecule has 3 aromatic carbocycles. The molecular formula is C24H19FN4O. The molecule has 1 amide bonds. The Morgan fingerprint density at radius 2 is 1.53 bits per heavy atom. The van der Waals surface area contributed by atoms with Crippen LogP contribution in [0.4, 0.5) is 4.39 Å². The van der Waals surface area contributed by atoms with E-state index in [4.69, 9.17) is 0 Å². The average Bonchev–Trinajstić information content (AvgIpc) is 3.29. The van der Waals surface area contributed by atoms with Gasteiger partial charge in [0.15, 0.2) is 0 Å². The standard InChI is InChI=1S/C24H19FN4O/c1-16(17-11-13-21(25)14-12-17)26-29-24(30)23-15-22(27-28-23)20-9-7-19(8-10-20)18-5-3-2-4-6-18/h2-15H,1H3,(H,27,28)(H,29,30). The minimum absolute atomic E-state index is 0.299. The van der Waals surface area contributed by atoms with Crippen molar-refractivity contribution in [1.29, 1.82) is 0 Å². The molecule has 30 heavy (non-hydrogen) atoms. The van der Waals surface area contributed by atoms with Gasteiger partial charge in [-0.2, -0.15) is 10.2 Å². The number of benzene rings is 3. The molecule has 5 nitrogen and oxygen atoms in total. The molecule has 0 spiro atoms. The quantitative estimate of drug-likeness (QED) is 0.365. The normalized spacial score (nSPS) is 11.3. The van der Waals surface area contributed by atoms with Gasteiger partial charge in [0.05, 0.1) is 11.4 Å². The Kier molecular flexibility index (Phi) is 5.48. The van der Waals surface area contributed by atoms with Gasteiger partial charge < -0.3 is 0 Å². The summed E-state index contributed by atoms with van der Waals surface area (Å²) in [6.45, 7) is 1.74. The Balaban J connectivity index is 1.45. The molecule has 4 aromatic rings. The number of H-pyrrole nitrogens is 1. The molecule has 2 N–H and O–H groups in total. The maximum absolute atomic E-state index is 13.0. The zero-order chi connectivity index (χ0) is 20.9. The van der Waals surface area contributed by atoms with Gasteiger partial charge in [-0.25, -0.2) is 9.82 Å². The van der Waals surface area contributed by atoms with Crippen LogP contribution in [0.5, 0.6) is 0 Å². The van der Waals surface area contributed by atoms with E-state index in [2.05, 4.69) is 32.9 Å². The van der Waals surface area contributed by atoms with Gasteiger partial charge in [0, 0.05) is 5.56 Å². The molecular weight excluding hydrogens is 379 g/mol. The highest BCUT2D eigenvalue weighted by Gasteiger charge is 2.11. The Bertz CT molecular complexity index is 1180. The van der Waals surface area contributed by atoms with Crippen molar-refractivity contribution in [2.45, 2.75) is 6.92 Å². The van der Waals surface area contributed by atoms with E-state index in [-0.39, 0.29) is 5.82 Å². The van der Waals surface area contributed by atoms with Gasteiger partial charge in [0.2, 0.25) is 0 Å². The van der Waals surface area contributed by atoms with Crippen molar-refractivity contribution in [3.8, 4) is 22.4 Å². The molecule has 6 heteroatoms. The Hall–Kier alpha value is -4.06. The fraction of sp³-hybridized carbons (Fsp3) is 0.0417. The van der Waals surface area contributed by atoms with Crippen molar-refractivity contribution in [2.24, 2.45) is 5.10 Å². The molecule has 0 bridgehead atoms. The van der Waals surface area contributed by atoms with Gasteiger partial charge in [-0.1, -0.05) is 66.7 Å². The van der Waals surface area contributed by atoms with E-state index in [9.17, 15) is 9.18 Å². The van der Waals surface area contributed by atoms with Crippen LogP contribution in [0.25, 0.3) is 22.4 Å². The molecule has 0 unspecified atom stereocenters. The van der Waals surface area contributed by atoms with E-state index >= 15 is 0 Å². The van der Waals surface area contributed by atoms with Crippen LogP contribution in [0.3, 0.4) is 0 Å². The van der Waals surface area contributed by atoms with Crippen molar-refractivity contribution in [3.63, 3.8) is 0 Å². The van der Waals surface area contributed by atoms with Gasteiger partial charge in [-0.15, -0.1) is 0 Å². The highest BCUT2D eigenvalue weighted by Crippen LogP contribution is 2.24. The summed E-state index contributed by atoms with van der Waals surface area (Å²) in [5.74, 6) is -0.728. The fourth-order valence-corrected chi connectivity index (χ4v) is 3.00. The smallest absolute Gasteiger partial charge is 0.272 e. The Morgan fingerprint density at radius 1 is 0.900 bits per heavy atom. The molecule has 0 radical (unpaired) electrons. The SMILES string of the molecule is CC(=NNC(=O)c1cc(-c2ccc(-c3ccccc3)cc2)n[nH]1)c1ccc(F)cc1. The highest BCUT2D eigenvalue weighted by molar-refractivity contribution is 6.00. The third-order valence-electron chi connectivity index (χ3n) is 4.70. The maximum Gasteiger partial charge on any atom is 0.289 e. The second-order valence-electron chi connectivity index (χ2n) is 6.76. The zero-order valence-electron chi connectivity index (χ0n) is 16.3. The summed E-state index contributed by atoms with van der Waals surface area (Å²) in [4.78, 5) is 12.4. The Morgan fingerprint density at radius 3 is 2.23 bits per heavy atom. The first-order valence-corrected chi connectivity index (χ1v) is 9.42. The molecule has 0 aliphatic carbocycles. The van der Waals surface area contributed by atoms with E-state index in [0.717, 1.165) is 22.3 Å². The van der Waals surface area contributed by atoms with Crippen LogP contribution in [0.2, 0.25) is 0 Å². The van der Waals surface area contributed by atoms with E-state index in [0.29, 0.717) is 17.1 Å². The van der Waals surface area contributed by atoms with Gasteiger partial charge in [-0.3, -0.25) is 9.89 Å². The Labute approximate surface area is 173 Å². The van der Waals surface area contributed by atoms with Gasteiger partial charge >= 0.3 is 0 Å². The second kappa shape index (κ2) is 8.53. The number of aromatic amines is 1. The molecule has 0 atom stereocenters. The summed E-state index contributed by atoms with van der Waals surface area (Å²) in [5, 5.41) is 11.0. The van der Waals surface area contributed by atoms with Crippen molar-refractivity contribution < 1.29 is 9.18 Å². The minimum Gasteiger partial charge on any atom is -0.272 e. The van der Waals surface area contributed by atoms with Crippen LogP contribution in [0.1, 0.15) is 23.0 Å². The number of carbonyl (C=O) groups excluding carboxylic acids is 1. The highest BCUT2D eigenvalue weighted by atomic mass is 19.1. The predicted octanol–water partition coefficient (Wildman–Crippen LogP) is 5.04. The number of hydrogen-bond acceptors (Lipinski definition) is 3. The molecule has 0 aliphatic heterocycles. The topological polar surface area (TPSA) is 70.1 Å². The van der Waals surface area contributed by atoms with Crippen molar-refractivity contribution >= 4 is 11.6 Å². The lowest BCUT2D eigenvalue weighted by atomic mass is 10.0. The van der Waals surface area contributed by atoms with E-state index in [1.54, 1.807) is 25.1 Å². The zero-order valence-corrected chi connectivity index (χ0v) is 16.3. The number of rotatable bonds is 5. The predicted molar refractivity (Wildman–Crippen MR) is 116 cm³/mol. The number of nitrogens with zero attached hydrogens (tertiary/aromatic N) is 2. The van der Waals surface area contributed by atoms with Crippen LogP contribution < -0.4 is 5.43 Å². The summed E-state index contributed by atoms with van der Waals surface area (Å²) in [7, 11) is 0. The lowest BCUT2D eigenvalue weighted by Gasteiger charge is -2.02. The van der Waals surface area contributed by atoms with Crippen molar-refractivity contribution in [3.05, 3.63) is 102 Å². The number of nitrogens with one attached hydrogen (secondary N) is 2. The number of hydrogen-bond donors (Lipinski definition) is 2. The molecule has 1 heterocycles. The first-order valence-electron chi connectivity index (χ1n) is 9.42. The molecule has 0 aliphatic rings. The summed E-state index contributed by atoms with van der Waals surface area (Å²) in [5.41, 5.74) is 7.90.